The molecule has 28 heavy (non-hydrogen) atoms. The maximum atomic E-state index is 13.5. The minimum Gasteiger partial charge on any atom is -0.339 e. The molecule has 4 saturated carbocycles. The lowest BCUT2D eigenvalue weighted by atomic mass is 9.49. The third-order valence-corrected chi connectivity index (χ3v) is 8.54. The van der Waals surface area contributed by atoms with Crippen LogP contribution in [-0.4, -0.2) is 54.3 Å². The van der Waals surface area contributed by atoms with Crippen molar-refractivity contribution in [3.8, 4) is 0 Å². The SMILES string of the molecule is CCC(CC)(CN)C(=O)N1CCN(C(=O)C23CC4CC(CC(C4)C2)C3)CC1.Cl. The van der Waals surface area contributed by atoms with Crippen molar-refractivity contribution in [2.45, 2.75) is 65.2 Å². The maximum absolute atomic E-state index is 13.5. The molecule has 4 bridgehead atoms. The van der Waals surface area contributed by atoms with Gasteiger partial charge in [-0.25, -0.2) is 0 Å². The first-order chi connectivity index (χ1) is 12.9. The van der Waals surface area contributed by atoms with Gasteiger partial charge in [0.25, 0.3) is 0 Å². The number of hydrogen-bond acceptors (Lipinski definition) is 3. The lowest BCUT2D eigenvalue weighted by Crippen LogP contribution is -2.60. The van der Waals surface area contributed by atoms with Crippen LogP contribution in [0.1, 0.15) is 65.2 Å². The van der Waals surface area contributed by atoms with E-state index in [4.69, 9.17) is 5.73 Å². The summed E-state index contributed by atoms with van der Waals surface area (Å²) in [7, 11) is 0. The number of hydrogen-bond donors (Lipinski definition) is 1. The molecule has 0 spiro atoms. The van der Waals surface area contributed by atoms with Crippen molar-refractivity contribution >= 4 is 24.2 Å². The second-order valence-electron chi connectivity index (χ2n) is 9.97. The van der Waals surface area contributed by atoms with E-state index in [1.807, 2.05) is 4.90 Å². The molecule has 160 valence electrons. The van der Waals surface area contributed by atoms with Crippen LogP contribution >= 0.6 is 12.4 Å². The maximum Gasteiger partial charge on any atom is 0.230 e. The molecule has 1 aliphatic heterocycles. The van der Waals surface area contributed by atoms with E-state index in [2.05, 4.69) is 18.7 Å². The van der Waals surface area contributed by atoms with E-state index in [0.29, 0.717) is 38.6 Å². The summed E-state index contributed by atoms with van der Waals surface area (Å²) in [6, 6.07) is 0. The van der Waals surface area contributed by atoms with Gasteiger partial charge in [0.1, 0.15) is 0 Å². The van der Waals surface area contributed by atoms with Crippen LogP contribution in [-0.2, 0) is 9.59 Å². The van der Waals surface area contributed by atoms with Crippen molar-refractivity contribution in [3.05, 3.63) is 0 Å². The number of nitrogens with zero attached hydrogens (tertiary/aromatic N) is 2. The van der Waals surface area contributed by atoms with Crippen LogP contribution in [0.15, 0.2) is 0 Å². The zero-order valence-electron chi connectivity index (χ0n) is 17.6. The zero-order valence-corrected chi connectivity index (χ0v) is 18.4. The standard InChI is InChI=1S/C22H37N3O2.ClH/c1-3-21(4-2,15-23)19(26)24-5-7-25(8-6-24)20(27)22-12-16-9-17(13-22)11-18(10-16)14-22;/h16-18H,3-15,23H2,1-2H3;1H. The fraction of sp³-hybridized carbons (Fsp3) is 0.909. The number of carbonyl (C=O) groups is 2. The summed E-state index contributed by atoms with van der Waals surface area (Å²) in [4.78, 5) is 30.6. The molecule has 0 radical (unpaired) electrons. The highest BCUT2D eigenvalue weighted by atomic mass is 35.5. The first kappa shape index (κ1) is 21.9. The molecule has 0 aromatic rings. The van der Waals surface area contributed by atoms with Crippen LogP contribution in [0.4, 0.5) is 0 Å². The molecule has 5 fully saturated rings. The quantitative estimate of drug-likeness (QED) is 0.755. The summed E-state index contributed by atoms with van der Waals surface area (Å²) in [5.41, 5.74) is 5.48. The Morgan fingerprint density at radius 2 is 1.32 bits per heavy atom. The van der Waals surface area contributed by atoms with Gasteiger partial charge in [0.15, 0.2) is 0 Å². The number of piperazine rings is 1. The topological polar surface area (TPSA) is 66.6 Å². The molecule has 2 amide bonds. The molecule has 5 rings (SSSR count). The third-order valence-electron chi connectivity index (χ3n) is 8.54. The average molecular weight is 412 g/mol. The van der Waals surface area contributed by atoms with Crippen molar-refractivity contribution < 1.29 is 9.59 Å². The Hall–Kier alpha value is -0.810. The molecule has 6 heteroatoms. The van der Waals surface area contributed by atoms with Gasteiger partial charge in [-0.05, 0) is 69.1 Å². The van der Waals surface area contributed by atoms with E-state index < -0.39 is 5.41 Å². The van der Waals surface area contributed by atoms with Gasteiger partial charge < -0.3 is 15.5 Å². The van der Waals surface area contributed by atoms with E-state index in [-0.39, 0.29) is 23.7 Å². The minimum atomic E-state index is -0.424. The summed E-state index contributed by atoms with van der Waals surface area (Å²) < 4.78 is 0. The van der Waals surface area contributed by atoms with Crippen LogP contribution in [0.3, 0.4) is 0 Å². The van der Waals surface area contributed by atoms with E-state index >= 15 is 0 Å². The first-order valence-corrected chi connectivity index (χ1v) is 11.2. The van der Waals surface area contributed by atoms with Gasteiger partial charge in [-0.15, -0.1) is 12.4 Å². The van der Waals surface area contributed by atoms with E-state index in [0.717, 1.165) is 49.9 Å². The Balaban J connectivity index is 0.00000225. The second-order valence-corrected chi connectivity index (χ2v) is 9.97. The lowest BCUT2D eigenvalue weighted by Gasteiger charge is -2.57. The molecule has 1 heterocycles. The van der Waals surface area contributed by atoms with Gasteiger partial charge in [-0.3, -0.25) is 9.59 Å². The van der Waals surface area contributed by atoms with Crippen molar-refractivity contribution in [2.24, 2.45) is 34.3 Å². The van der Waals surface area contributed by atoms with E-state index in [9.17, 15) is 9.59 Å². The number of rotatable bonds is 5. The van der Waals surface area contributed by atoms with Gasteiger partial charge in [0.2, 0.25) is 11.8 Å². The Morgan fingerprint density at radius 3 is 1.71 bits per heavy atom. The molecule has 0 unspecified atom stereocenters. The van der Waals surface area contributed by atoms with Gasteiger partial charge in [0.05, 0.1) is 10.8 Å². The van der Waals surface area contributed by atoms with Gasteiger partial charge in [-0.1, -0.05) is 13.8 Å². The molecule has 1 saturated heterocycles. The molecule has 0 atom stereocenters. The molecule has 5 nitrogen and oxygen atoms in total. The Labute approximate surface area is 176 Å². The van der Waals surface area contributed by atoms with Crippen LogP contribution in [0.25, 0.3) is 0 Å². The van der Waals surface area contributed by atoms with Crippen molar-refractivity contribution in [3.63, 3.8) is 0 Å². The van der Waals surface area contributed by atoms with Gasteiger partial charge >= 0.3 is 0 Å². The van der Waals surface area contributed by atoms with Crippen LogP contribution < -0.4 is 5.73 Å². The average Bonchev–Trinajstić information content (AvgIpc) is 2.68. The molecule has 0 aromatic carbocycles. The normalized spacial score (nSPS) is 34.3. The monoisotopic (exact) mass is 411 g/mol. The summed E-state index contributed by atoms with van der Waals surface area (Å²) in [5, 5.41) is 0. The largest absolute Gasteiger partial charge is 0.339 e. The minimum absolute atomic E-state index is 0. The van der Waals surface area contributed by atoms with Crippen molar-refractivity contribution in [1.29, 1.82) is 0 Å². The highest BCUT2D eigenvalue weighted by Gasteiger charge is 2.55. The Morgan fingerprint density at radius 1 is 0.893 bits per heavy atom. The number of amides is 2. The summed E-state index contributed by atoms with van der Waals surface area (Å²) in [5.74, 6) is 2.98. The Kier molecular flexibility index (Phi) is 6.36. The molecule has 2 N–H and O–H groups in total. The van der Waals surface area contributed by atoms with Crippen LogP contribution in [0.5, 0.6) is 0 Å². The van der Waals surface area contributed by atoms with E-state index in [1.165, 1.54) is 19.3 Å². The fourth-order valence-corrected chi connectivity index (χ4v) is 7.08. The second kappa shape index (κ2) is 8.14. The van der Waals surface area contributed by atoms with Crippen molar-refractivity contribution in [1.82, 2.24) is 9.80 Å². The van der Waals surface area contributed by atoms with E-state index in [1.54, 1.807) is 0 Å². The van der Waals surface area contributed by atoms with Crippen LogP contribution in [0, 0.1) is 28.6 Å². The number of carbonyl (C=O) groups excluding carboxylic acids is 2. The fourth-order valence-electron chi connectivity index (χ4n) is 7.08. The molecular weight excluding hydrogens is 374 g/mol. The molecule has 4 aliphatic carbocycles. The van der Waals surface area contributed by atoms with Crippen LogP contribution in [0.2, 0.25) is 0 Å². The number of halogens is 1. The smallest absolute Gasteiger partial charge is 0.230 e. The highest BCUT2D eigenvalue weighted by Crippen LogP contribution is 2.60. The predicted octanol–water partition coefficient (Wildman–Crippen LogP) is 3.06. The van der Waals surface area contributed by atoms with Crippen molar-refractivity contribution in [2.75, 3.05) is 32.7 Å². The third kappa shape index (κ3) is 3.47. The molecule has 0 aromatic heterocycles. The zero-order chi connectivity index (χ0) is 19.2. The van der Waals surface area contributed by atoms with Gasteiger partial charge in [0, 0.05) is 32.7 Å². The molecular formula is C22H38ClN3O2. The number of nitrogens with two attached hydrogens (primary N) is 1. The first-order valence-electron chi connectivity index (χ1n) is 11.2. The Bertz CT molecular complexity index is 553. The predicted molar refractivity (Wildman–Crippen MR) is 113 cm³/mol. The lowest BCUT2D eigenvalue weighted by molar-refractivity contribution is -0.161. The van der Waals surface area contributed by atoms with Gasteiger partial charge in [-0.2, -0.15) is 0 Å². The summed E-state index contributed by atoms with van der Waals surface area (Å²) in [6.45, 7) is 7.24. The molecule has 5 aliphatic rings. The summed E-state index contributed by atoms with van der Waals surface area (Å²) in [6.07, 6.45) is 9.03. The summed E-state index contributed by atoms with van der Waals surface area (Å²) >= 11 is 0. The highest BCUT2D eigenvalue weighted by molar-refractivity contribution is 5.86.